The molecule has 0 saturated carbocycles. The highest BCUT2D eigenvalue weighted by Gasteiger charge is 2.53. The van der Waals surface area contributed by atoms with Gasteiger partial charge in [-0.25, -0.2) is 0 Å². The van der Waals surface area contributed by atoms with Gasteiger partial charge in [-0.05, 0) is 132 Å². The summed E-state index contributed by atoms with van der Waals surface area (Å²) in [5.41, 5.74) is -4.52. The number of likely N-dealkylation sites (N-methyl/N-ethyl adjacent to an activating group) is 1. The number of thiocarbonyl (C=S) groups is 1. The minimum atomic E-state index is -1.87. The molecule has 4 rings (SSSR count). The van der Waals surface area contributed by atoms with E-state index in [2.05, 4.69) is 20.4 Å². The number of aliphatic hydroxyl groups excluding tert-OH is 3. The molecule has 0 aromatic rings. The molecule has 66 heavy (non-hydrogen) atoms. The Morgan fingerprint density at radius 1 is 0.909 bits per heavy atom. The number of piperidine rings is 1. The number of rotatable bonds is 14. The average molecular weight is 962 g/mol. The summed E-state index contributed by atoms with van der Waals surface area (Å²) in [7, 11) is 5.30. The Morgan fingerprint density at radius 3 is 2.18 bits per heavy atom. The van der Waals surface area contributed by atoms with Crippen LogP contribution in [0, 0.1) is 17.8 Å². The van der Waals surface area contributed by atoms with Gasteiger partial charge in [0.2, 0.25) is 0 Å². The fourth-order valence-corrected chi connectivity index (χ4v) is 11.2. The molecule has 0 spiro atoms. The van der Waals surface area contributed by atoms with Crippen molar-refractivity contribution in [3.63, 3.8) is 0 Å². The number of hydrogen-bond donors (Lipinski definition) is 7. The SMILES string of the molecule is CC[C@H]1OC(=O)[C@H](C)[C@@H](O[C@H]2C[C@@](C)(OC)[C@@H](O)[C@H](C)O2)[C@H](C)[C@@H](O[C@@H]2O[C@H](C)C[C@H](N(C)C)[C@H]2O)[C@](C)(O)C[C@@H](C)CN(CCCNC(=S)NCCN2CCCCC2)[C@H](C)[C@@H](O)[C@]1(C)O. The number of nitrogens with one attached hydrogen (secondary N) is 2. The van der Waals surface area contributed by atoms with Gasteiger partial charge in [0, 0.05) is 64.3 Å². The van der Waals surface area contributed by atoms with Gasteiger partial charge >= 0.3 is 5.97 Å². The Kier molecular flexibility index (Phi) is 21.8. The van der Waals surface area contributed by atoms with Gasteiger partial charge < -0.3 is 74.4 Å². The van der Waals surface area contributed by atoms with Crippen LogP contribution in [0.1, 0.15) is 121 Å². The first-order valence-electron chi connectivity index (χ1n) is 24.9. The fraction of sp³-hybridized carbons (Fsp3) is 0.958. The molecule has 0 amide bonds. The molecule has 4 saturated heterocycles. The predicted molar refractivity (Wildman–Crippen MR) is 257 cm³/mol. The normalized spacial score (nSPS) is 43.1. The third-order valence-corrected chi connectivity index (χ3v) is 15.4. The van der Waals surface area contributed by atoms with Crippen molar-refractivity contribution >= 4 is 23.3 Å². The van der Waals surface area contributed by atoms with E-state index in [4.69, 9.17) is 40.6 Å². The molecule has 18 atom stereocenters. The Morgan fingerprint density at radius 2 is 1.56 bits per heavy atom. The second-order valence-electron chi connectivity index (χ2n) is 21.2. The van der Waals surface area contributed by atoms with E-state index in [0.717, 1.165) is 26.2 Å². The zero-order valence-electron chi connectivity index (χ0n) is 42.6. The quantitative estimate of drug-likeness (QED) is 0.0759. The molecule has 0 aromatic heterocycles. The molecular formula is C48H91N5O12S. The van der Waals surface area contributed by atoms with Crippen LogP contribution in [-0.4, -0.2) is 209 Å². The number of carbonyl (C=O) groups is 1. The van der Waals surface area contributed by atoms with Crippen molar-refractivity contribution in [1.82, 2.24) is 25.3 Å². The van der Waals surface area contributed by atoms with Crippen molar-refractivity contribution in [2.45, 2.75) is 211 Å². The van der Waals surface area contributed by atoms with Crippen molar-refractivity contribution in [2.75, 3.05) is 67.0 Å². The van der Waals surface area contributed by atoms with Crippen LogP contribution in [-0.2, 0) is 33.2 Å². The van der Waals surface area contributed by atoms with Crippen molar-refractivity contribution in [1.29, 1.82) is 0 Å². The smallest absolute Gasteiger partial charge is 0.311 e. The molecule has 4 fully saturated rings. The van der Waals surface area contributed by atoms with Gasteiger partial charge in [-0.15, -0.1) is 0 Å². The largest absolute Gasteiger partial charge is 0.459 e. The van der Waals surface area contributed by atoms with Gasteiger partial charge in [0.05, 0.1) is 41.5 Å². The van der Waals surface area contributed by atoms with Crippen molar-refractivity contribution in [3.05, 3.63) is 0 Å². The molecule has 0 aliphatic carbocycles. The van der Waals surface area contributed by atoms with Crippen LogP contribution in [0.25, 0.3) is 0 Å². The van der Waals surface area contributed by atoms with Crippen LogP contribution in [0.3, 0.4) is 0 Å². The lowest BCUT2D eigenvalue weighted by atomic mass is 9.77. The highest BCUT2D eigenvalue weighted by Crippen LogP contribution is 2.40. The van der Waals surface area contributed by atoms with Gasteiger partial charge in [0.25, 0.3) is 0 Å². The molecule has 4 heterocycles. The van der Waals surface area contributed by atoms with Gasteiger partial charge in [-0.2, -0.15) is 0 Å². The van der Waals surface area contributed by atoms with E-state index in [1.54, 1.807) is 34.6 Å². The number of ether oxygens (including phenoxy) is 6. The molecule has 386 valence electrons. The summed E-state index contributed by atoms with van der Waals surface area (Å²) in [6, 6.07) is -0.902. The van der Waals surface area contributed by atoms with Crippen LogP contribution in [0.4, 0.5) is 0 Å². The van der Waals surface area contributed by atoms with Crippen molar-refractivity contribution in [3.8, 4) is 0 Å². The lowest BCUT2D eigenvalue weighted by Gasteiger charge is -2.48. The highest BCUT2D eigenvalue weighted by molar-refractivity contribution is 7.80. The zero-order chi connectivity index (χ0) is 49.3. The fourth-order valence-electron chi connectivity index (χ4n) is 11.0. The maximum Gasteiger partial charge on any atom is 0.311 e. The lowest BCUT2D eigenvalue weighted by Crippen LogP contribution is -2.60. The summed E-state index contributed by atoms with van der Waals surface area (Å²) >= 11 is 5.61. The minimum Gasteiger partial charge on any atom is -0.459 e. The van der Waals surface area contributed by atoms with Crippen LogP contribution in [0.5, 0.6) is 0 Å². The van der Waals surface area contributed by atoms with E-state index >= 15 is 0 Å². The molecule has 18 heteroatoms. The summed E-state index contributed by atoms with van der Waals surface area (Å²) in [4.78, 5) is 21.0. The topological polar surface area (TPSA) is 207 Å². The van der Waals surface area contributed by atoms with E-state index in [1.807, 2.05) is 46.7 Å². The van der Waals surface area contributed by atoms with E-state index in [1.165, 1.54) is 33.3 Å². The van der Waals surface area contributed by atoms with E-state index in [0.29, 0.717) is 37.6 Å². The molecule has 0 radical (unpaired) electrons. The molecule has 4 aliphatic heterocycles. The summed E-state index contributed by atoms with van der Waals surface area (Å²) in [6.45, 7) is 23.3. The number of methoxy groups -OCH3 is 1. The first-order chi connectivity index (χ1) is 30.9. The number of nitrogens with zero attached hydrogens (tertiary/aromatic N) is 3. The number of hydrogen-bond acceptors (Lipinski definition) is 16. The highest BCUT2D eigenvalue weighted by atomic mass is 32.1. The molecule has 0 aromatic carbocycles. The molecular weight excluding hydrogens is 871 g/mol. The number of carbonyl (C=O) groups excluding carboxylic acids is 1. The number of likely N-dealkylation sites (tertiary alicyclic amines) is 1. The van der Waals surface area contributed by atoms with Gasteiger partial charge in [-0.3, -0.25) is 9.69 Å². The summed E-state index contributed by atoms with van der Waals surface area (Å²) < 4.78 is 38.2. The molecule has 0 unspecified atom stereocenters. The Hall–Kier alpha value is -1.36. The Balaban J connectivity index is 1.69. The van der Waals surface area contributed by atoms with E-state index in [9.17, 15) is 30.3 Å². The molecule has 4 aliphatic rings. The standard InChI is InChI=1S/C48H91N5O12S/c1-14-36-48(10,59)40(55)33(6)53(23-18-19-49-45(66)50-20-24-52-21-16-15-17-22-52)28-29(2)26-46(8,58)42(65-44-38(54)35(51(11)12)25-30(3)61-44)31(4)39(32(5)43(57)63-36)64-37-27-47(9,60-13)41(56)34(7)62-37/h29-42,44,54-56,58-59H,14-28H2,1-13H3,(H2,49,50,66)/t29-,30-,31+,32-,33-,34+,35+,36-,37+,38-,39+,40-,41+,42-,44+,46-,47-,48-/m1/s1. The monoisotopic (exact) mass is 962 g/mol. The Bertz CT molecular complexity index is 1490. The van der Waals surface area contributed by atoms with E-state index in [-0.39, 0.29) is 37.3 Å². The third-order valence-electron chi connectivity index (χ3n) is 15.1. The molecule has 7 N–H and O–H groups in total. The number of esters is 1. The van der Waals surface area contributed by atoms with Gasteiger partial charge in [0.1, 0.15) is 30.0 Å². The predicted octanol–water partition coefficient (Wildman–Crippen LogP) is 2.61. The first kappa shape index (κ1) is 57.2. The minimum absolute atomic E-state index is 0.119. The van der Waals surface area contributed by atoms with Crippen LogP contribution >= 0.6 is 12.2 Å². The van der Waals surface area contributed by atoms with E-state index < -0.39 is 96.0 Å². The number of cyclic esters (lactones) is 1. The van der Waals surface area contributed by atoms with Gasteiger partial charge in [0.15, 0.2) is 17.7 Å². The zero-order valence-corrected chi connectivity index (χ0v) is 43.4. The third kappa shape index (κ3) is 14.8. The second kappa shape index (κ2) is 25.2. The van der Waals surface area contributed by atoms with Crippen molar-refractivity contribution < 1.29 is 58.7 Å². The summed E-state index contributed by atoms with van der Waals surface area (Å²) in [5.74, 6) is -2.72. The van der Waals surface area contributed by atoms with Crippen LogP contribution < -0.4 is 10.6 Å². The molecule has 0 bridgehead atoms. The summed E-state index contributed by atoms with van der Waals surface area (Å²) in [5, 5.41) is 67.2. The summed E-state index contributed by atoms with van der Waals surface area (Å²) in [6.07, 6.45) is -4.18. The average Bonchev–Trinajstić information content (AvgIpc) is 3.26. The first-order valence-corrected chi connectivity index (χ1v) is 25.3. The van der Waals surface area contributed by atoms with Crippen molar-refractivity contribution in [2.24, 2.45) is 17.8 Å². The number of aliphatic hydroxyl groups is 5. The van der Waals surface area contributed by atoms with Gasteiger partial charge in [-0.1, -0.05) is 27.2 Å². The van der Waals surface area contributed by atoms with Crippen LogP contribution in [0.15, 0.2) is 0 Å². The second-order valence-corrected chi connectivity index (χ2v) is 21.6. The molecule has 17 nitrogen and oxygen atoms in total. The van der Waals surface area contributed by atoms with Crippen LogP contribution in [0.2, 0.25) is 0 Å². The lowest BCUT2D eigenvalue weighted by molar-refractivity contribution is -0.318. The maximum atomic E-state index is 14.5. The Labute approximate surface area is 401 Å². The maximum absolute atomic E-state index is 14.5.